The predicted octanol–water partition coefficient (Wildman–Crippen LogP) is 2.81. The number of nitrogens with one attached hydrogen (secondary N) is 1. The number of unbranched alkanes of at least 4 members (excludes halogenated alkanes) is 2. The third-order valence-corrected chi connectivity index (χ3v) is 6.52. The second-order valence-corrected chi connectivity index (χ2v) is 8.57. The Morgan fingerprint density at radius 1 is 1.19 bits per heavy atom. The molecule has 1 aliphatic heterocycles. The van der Waals surface area contributed by atoms with E-state index in [2.05, 4.69) is 12.2 Å². The van der Waals surface area contributed by atoms with Crippen LogP contribution in [-0.4, -0.2) is 55.9 Å². The number of carbonyl (C=O) groups excluding carboxylic acids is 1. The molecule has 0 aliphatic carbocycles. The van der Waals surface area contributed by atoms with Crippen molar-refractivity contribution < 1.29 is 17.6 Å². The van der Waals surface area contributed by atoms with E-state index in [4.69, 9.17) is 0 Å². The van der Waals surface area contributed by atoms with Gasteiger partial charge >= 0.3 is 6.03 Å². The van der Waals surface area contributed by atoms with Crippen LogP contribution in [0.2, 0.25) is 0 Å². The van der Waals surface area contributed by atoms with Gasteiger partial charge in [-0.3, -0.25) is 0 Å². The van der Waals surface area contributed by atoms with Crippen LogP contribution >= 0.6 is 0 Å². The average molecular weight is 386 g/mol. The SMILES string of the molecule is CCCCCC(C)NC(=O)N1CCN(S(=O)(=O)c2ccccc2F)CC1. The standard InChI is InChI=1S/C18H28FN3O3S/c1-3-4-5-8-15(2)20-18(23)21-11-13-22(14-12-21)26(24,25)17-10-7-6-9-16(17)19/h6-7,9-10,15H,3-5,8,11-14H2,1-2H3,(H,20,23). The van der Waals surface area contributed by atoms with E-state index in [0.717, 1.165) is 31.7 Å². The van der Waals surface area contributed by atoms with Gasteiger partial charge in [0.15, 0.2) is 0 Å². The fourth-order valence-corrected chi connectivity index (χ4v) is 4.49. The molecule has 6 nitrogen and oxygen atoms in total. The summed E-state index contributed by atoms with van der Waals surface area (Å²) in [5.41, 5.74) is 0. The largest absolute Gasteiger partial charge is 0.336 e. The monoisotopic (exact) mass is 385 g/mol. The topological polar surface area (TPSA) is 69.7 Å². The van der Waals surface area contributed by atoms with Gasteiger partial charge in [-0.05, 0) is 25.5 Å². The molecular formula is C18H28FN3O3S. The summed E-state index contributed by atoms with van der Waals surface area (Å²) in [6, 6.07) is 5.28. The number of amides is 2. The number of hydrogen-bond donors (Lipinski definition) is 1. The highest BCUT2D eigenvalue weighted by atomic mass is 32.2. The number of hydrogen-bond acceptors (Lipinski definition) is 3. The first-order valence-electron chi connectivity index (χ1n) is 9.16. The van der Waals surface area contributed by atoms with Gasteiger partial charge in [-0.1, -0.05) is 38.3 Å². The lowest BCUT2D eigenvalue weighted by molar-refractivity contribution is 0.169. The van der Waals surface area contributed by atoms with Crippen LogP contribution in [-0.2, 0) is 10.0 Å². The van der Waals surface area contributed by atoms with Gasteiger partial charge in [0.25, 0.3) is 0 Å². The smallest absolute Gasteiger partial charge is 0.317 e. The van der Waals surface area contributed by atoms with Crippen molar-refractivity contribution in [1.29, 1.82) is 0 Å². The average Bonchev–Trinajstić information content (AvgIpc) is 2.62. The van der Waals surface area contributed by atoms with Crippen LogP contribution in [0.15, 0.2) is 29.2 Å². The predicted molar refractivity (Wildman–Crippen MR) is 98.9 cm³/mol. The molecule has 1 aromatic rings. The first-order valence-corrected chi connectivity index (χ1v) is 10.6. The summed E-state index contributed by atoms with van der Waals surface area (Å²) in [6.07, 6.45) is 4.29. The molecule has 146 valence electrons. The molecule has 1 atom stereocenters. The summed E-state index contributed by atoms with van der Waals surface area (Å²) < 4.78 is 40.2. The highest BCUT2D eigenvalue weighted by Gasteiger charge is 2.31. The Morgan fingerprint density at radius 3 is 2.46 bits per heavy atom. The van der Waals surface area contributed by atoms with E-state index in [9.17, 15) is 17.6 Å². The molecule has 0 aromatic heterocycles. The Labute approximate surface area is 155 Å². The van der Waals surface area contributed by atoms with Crippen LogP contribution in [0, 0.1) is 5.82 Å². The molecule has 1 aliphatic rings. The lowest BCUT2D eigenvalue weighted by Crippen LogP contribution is -2.54. The second kappa shape index (κ2) is 9.32. The first-order chi connectivity index (χ1) is 12.4. The summed E-state index contributed by atoms with van der Waals surface area (Å²) in [4.78, 5) is 13.6. The Kier molecular flexibility index (Phi) is 7.40. The van der Waals surface area contributed by atoms with E-state index in [1.54, 1.807) is 4.90 Å². The molecule has 1 unspecified atom stereocenters. The van der Waals surface area contributed by atoms with Crippen molar-refractivity contribution in [3.05, 3.63) is 30.1 Å². The van der Waals surface area contributed by atoms with Crippen molar-refractivity contribution in [3.63, 3.8) is 0 Å². The molecule has 26 heavy (non-hydrogen) atoms. The molecule has 1 aromatic carbocycles. The van der Waals surface area contributed by atoms with Gasteiger partial charge in [-0.2, -0.15) is 4.31 Å². The molecule has 1 heterocycles. The molecule has 0 radical (unpaired) electrons. The Balaban J connectivity index is 1.88. The molecule has 8 heteroatoms. The van der Waals surface area contributed by atoms with Crippen molar-refractivity contribution in [2.75, 3.05) is 26.2 Å². The van der Waals surface area contributed by atoms with Crippen molar-refractivity contribution in [2.24, 2.45) is 0 Å². The molecule has 2 amide bonds. The zero-order valence-corrected chi connectivity index (χ0v) is 16.3. The van der Waals surface area contributed by atoms with Crippen molar-refractivity contribution in [1.82, 2.24) is 14.5 Å². The fourth-order valence-electron chi connectivity index (χ4n) is 3.00. The molecule has 0 spiro atoms. The zero-order valence-electron chi connectivity index (χ0n) is 15.4. The number of rotatable bonds is 7. The van der Waals surface area contributed by atoms with Gasteiger partial charge in [0.1, 0.15) is 10.7 Å². The van der Waals surface area contributed by atoms with Crippen LogP contribution in [0.25, 0.3) is 0 Å². The van der Waals surface area contributed by atoms with Gasteiger partial charge in [0.05, 0.1) is 0 Å². The van der Waals surface area contributed by atoms with Crippen LogP contribution in [0.3, 0.4) is 0 Å². The normalized spacial score (nSPS) is 17.1. The van der Waals surface area contributed by atoms with Gasteiger partial charge in [0.2, 0.25) is 10.0 Å². The molecule has 1 fully saturated rings. The fraction of sp³-hybridized carbons (Fsp3) is 0.611. The molecular weight excluding hydrogens is 357 g/mol. The minimum absolute atomic E-state index is 0.0919. The highest BCUT2D eigenvalue weighted by Crippen LogP contribution is 2.20. The third kappa shape index (κ3) is 5.17. The number of nitrogens with zero attached hydrogens (tertiary/aromatic N) is 2. The van der Waals surface area contributed by atoms with E-state index in [1.165, 1.54) is 22.5 Å². The molecule has 2 rings (SSSR count). The van der Waals surface area contributed by atoms with Crippen LogP contribution in [0.1, 0.15) is 39.5 Å². The quantitative estimate of drug-likeness (QED) is 0.734. The van der Waals surface area contributed by atoms with E-state index in [0.29, 0.717) is 13.1 Å². The number of piperazine rings is 1. The van der Waals surface area contributed by atoms with Crippen LogP contribution < -0.4 is 5.32 Å². The van der Waals surface area contributed by atoms with E-state index >= 15 is 0 Å². The van der Waals surface area contributed by atoms with Gasteiger partial charge in [0, 0.05) is 32.2 Å². The summed E-state index contributed by atoms with van der Waals surface area (Å²) in [5.74, 6) is -0.756. The van der Waals surface area contributed by atoms with Crippen molar-refractivity contribution >= 4 is 16.1 Å². The van der Waals surface area contributed by atoms with E-state index in [1.807, 2.05) is 6.92 Å². The van der Waals surface area contributed by atoms with Crippen LogP contribution in [0.5, 0.6) is 0 Å². The number of halogens is 1. The van der Waals surface area contributed by atoms with Gasteiger partial charge in [-0.25, -0.2) is 17.6 Å². The number of carbonyl (C=O) groups is 1. The Hall–Kier alpha value is -1.67. The van der Waals surface area contributed by atoms with Gasteiger partial charge in [-0.15, -0.1) is 0 Å². The van der Waals surface area contributed by atoms with E-state index < -0.39 is 15.8 Å². The van der Waals surface area contributed by atoms with E-state index in [-0.39, 0.29) is 30.1 Å². The van der Waals surface area contributed by atoms with Gasteiger partial charge < -0.3 is 10.2 Å². The highest BCUT2D eigenvalue weighted by molar-refractivity contribution is 7.89. The Bertz CT molecular complexity index is 703. The number of urea groups is 1. The van der Waals surface area contributed by atoms with Crippen molar-refractivity contribution in [3.8, 4) is 0 Å². The maximum atomic E-state index is 13.8. The summed E-state index contributed by atoms with van der Waals surface area (Å²) in [5, 5.41) is 2.96. The number of benzene rings is 1. The summed E-state index contributed by atoms with van der Waals surface area (Å²) >= 11 is 0. The Morgan fingerprint density at radius 2 is 1.85 bits per heavy atom. The maximum absolute atomic E-state index is 13.8. The first kappa shape index (κ1) is 20.6. The lowest BCUT2D eigenvalue weighted by atomic mass is 10.1. The lowest BCUT2D eigenvalue weighted by Gasteiger charge is -2.34. The molecule has 1 N–H and O–H groups in total. The number of sulfonamides is 1. The van der Waals surface area contributed by atoms with Crippen molar-refractivity contribution in [2.45, 2.75) is 50.5 Å². The van der Waals surface area contributed by atoms with Crippen LogP contribution in [0.4, 0.5) is 9.18 Å². The zero-order chi connectivity index (χ0) is 19.2. The minimum Gasteiger partial charge on any atom is -0.336 e. The summed E-state index contributed by atoms with van der Waals surface area (Å²) in [6.45, 7) is 5.02. The third-order valence-electron chi connectivity index (χ3n) is 4.59. The summed E-state index contributed by atoms with van der Waals surface area (Å²) in [7, 11) is -3.88. The molecule has 0 bridgehead atoms. The second-order valence-electron chi connectivity index (χ2n) is 6.67. The maximum Gasteiger partial charge on any atom is 0.317 e. The molecule has 0 saturated carbocycles. The minimum atomic E-state index is -3.88. The molecule has 1 saturated heterocycles.